The van der Waals surface area contributed by atoms with Crippen LogP contribution in [0.3, 0.4) is 0 Å². The number of benzene rings is 1. The smallest absolute Gasteiger partial charge is 0.101 e. The van der Waals surface area contributed by atoms with E-state index >= 15 is 0 Å². The Kier molecular flexibility index (Phi) is 3.35. The highest BCUT2D eigenvalue weighted by Crippen LogP contribution is 2.28. The number of hydrogen-bond acceptors (Lipinski definition) is 3. The lowest BCUT2D eigenvalue weighted by atomic mass is 10.0. The SMILES string of the molecule is Cc1ccc(C#N)c(N2CCC(C(C)N)C2)c1. The predicted molar refractivity (Wildman–Crippen MR) is 69.9 cm³/mol. The van der Waals surface area contributed by atoms with Crippen molar-refractivity contribution in [2.75, 3.05) is 18.0 Å². The first-order valence-corrected chi connectivity index (χ1v) is 6.13. The summed E-state index contributed by atoms with van der Waals surface area (Å²) in [6.07, 6.45) is 1.12. The molecule has 0 aromatic heterocycles. The summed E-state index contributed by atoms with van der Waals surface area (Å²) in [7, 11) is 0. The first-order chi connectivity index (χ1) is 8.11. The van der Waals surface area contributed by atoms with Crippen molar-refractivity contribution in [2.45, 2.75) is 26.3 Å². The minimum absolute atomic E-state index is 0.232. The van der Waals surface area contributed by atoms with Gasteiger partial charge in [0.2, 0.25) is 0 Å². The zero-order valence-electron chi connectivity index (χ0n) is 10.5. The molecule has 1 saturated heterocycles. The van der Waals surface area contributed by atoms with Crippen molar-refractivity contribution >= 4 is 5.69 Å². The summed E-state index contributed by atoms with van der Waals surface area (Å²) in [5.74, 6) is 0.544. The lowest BCUT2D eigenvalue weighted by molar-refractivity contribution is 0.488. The quantitative estimate of drug-likeness (QED) is 0.844. The van der Waals surface area contributed by atoms with Crippen LogP contribution in [0.4, 0.5) is 5.69 Å². The molecule has 90 valence electrons. The van der Waals surface area contributed by atoms with E-state index in [1.54, 1.807) is 0 Å². The lowest BCUT2D eigenvalue weighted by Gasteiger charge is -2.21. The number of nitriles is 1. The molecule has 2 unspecified atom stereocenters. The maximum atomic E-state index is 9.14. The summed E-state index contributed by atoms with van der Waals surface area (Å²) in [5, 5.41) is 9.14. The topological polar surface area (TPSA) is 53.0 Å². The Morgan fingerprint density at radius 1 is 1.53 bits per heavy atom. The van der Waals surface area contributed by atoms with Crippen molar-refractivity contribution in [1.29, 1.82) is 5.26 Å². The zero-order valence-corrected chi connectivity index (χ0v) is 10.5. The molecule has 1 heterocycles. The molecule has 1 aromatic rings. The van der Waals surface area contributed by atoms with E-state index < -0.39 is 0 Å². The van der Waals surface area contributed by atoms with Gasteiger partial charge in [0.25, 0.3) is 0 Å². The minimum Gasteiger partial charge on any atom is -0.370 e. The third-order valence-electron chi connectivity index (χ3n) is 3.58. The van der Waals surface area contributed by atoms with Gasteiger partial charge in [-0.15, -0.1) is 0 Å². The van der Waals surface area contributed by atoms with E-state index in [4.69, 9.17) is 11.0 Å². The van der Waals surface area contributed by atoms with E-state index in [1.807, 2.05) is 12.1 Å². The van der Waals surface area contributed by atoms with Crippen LogP contribution in [0.15, 0.2) is 18.2 Å². The summed E-state index contributed by atoms with van der Waals surface area (Å²) in [6, 6.07) is 8.50. The Morgan fingerprint density at radius 3 is 2.88 bits per heavy atom. The van der Waals surface area contributed by atoms with Crippen LogP contribution in [0.2, 0.25) is 0 Å². The fourth-order valence-corrected chi connectivity index (χ4v) is 2.43. The number of hydrogen-bond donors (Lipinski definition) is 1. The fourth-order valence-electron chi connectivity index (χ4n) is 2.43. The van der Waals surface area contributed by atoms with E-state index in [0.29, 0.717) is 5.92 Å². The van der Waals surface area contributed by atoms with E-state index in [-0.39, 0.29) is 6.04 Å². The fraction of sp³-hybridized carbons (Fsp3) is 0.500. The van der Waals surface area contributed by atoms with Gasteiger partial charge in [-0.05, 0) is 43.9 Å². The molecule has 2 atom stereocenters. The van der Waals surface area contributed by atoms with Gasteiger partial charge in [-0.25, -0.2) is 0 Å². The number of anilines is 1. The molecular formula is C14H19N3. The van der Waals surface area contributed by atoms with Crippen molar-refractivity contribution < 1.29 is 0 Å². The summed E-state index contributed by atoms with van der Waals surface area (Å²) in [5.41, 5.74) is 8.97. The van der Waals surface area contributed by atoms with Crippen molar-refractivity contribution in [3.05, 3.63) is 29.3 Å². The molecule has 0 spiro atoms. The Morgan fingerprint density at radius 2 is 2.29 bits per heavy atom. The van der Waals surface area contributed by atoms with Crippen LogP contribution in [0, 0.1) is 24.2 Å². The van der Waals surface area contributed by atoms with Gasteiger partial charge >= 0.3 is 0 Å². The van der Waals surface area contributed by atoms with Gasteiger partial charge in [-0.1, -0.05) is 6.07 Å². The van der Waals surface area contributed by atoms with Crippen LogP contribution in [0.25, 0.3) is 0 Å². The molecule has 1 aromatic carbocycles. The van der Waals surface area contributed by atoms with Gasteiger partial charge < -0.3 is 10.6 Å². The van der Waals surface area contributed by atoms with Gasteiger partial charge in [-0.2, -0.15) is 5.26 Å². The molecular weight excluding hydrogens is 210 g/mol. The summed E-state index contributed by atoms with van der Waals surface area (Å²) in [4.78, 5) is 2.29. The van der Waals surface area contributed by atoms with Crippen molar-refractivity contribution in [3.63, 3.8) is 0 Å². The van der Waals surface area contributed by atoms with Crippen LogP contribution in [0.5, 0.6) is 0 Å². The third-order valence-corrected chi connectivity index (χ3v) is 3.58. The maximum Gasteiger partial charge on any atom is 0.101 e. The molecule has 0 bridgehead atoms. The van der Waals surface area contributed by atoms with E-state index in [9.17, 15) is 0 Å². The van der Waals surface area contributed by atoms with Crippen LogP contribution in [-0.2, 0) is 0 Å². The largest absolute Gasteiger partial charge is 0.370 e. The second-order valence-electron chi connectivity index (χ2n) is 4.99. The molecule has 2 rings (SSSR count). The second-order valence-corrected chi connectivity index (χ2v) is 4.99. The Hall–Kier alpha value is -1.53. The standard InChI is InChI=1S/C14H19N3/c1-10-3-4-12(8-15)14(7-10)17-6-5-13(9-17)11(2)16/h3-4,7,11,13H,5-6,9,16H2,1-2H3. The van der Waals surface area contributed by atoms with Crippen LogP contribution >= 0.6 is 0 Å². The average Bonchev–Trinajstić information content (AvgIpc) is 2.78. The molecule has 3 nitrogen and oxygen atoms in total. The predicted octanol–water partition coefficient (Wildman–Crippen LogP) is 2.04. The first kappa shape index (κ1) is 11.9. The zero-order chi connectivity index (χ0) is 12.4. The van der Waals surface area contributed by atoms with E-state index in [1.165, 1.54) is 5.56 Å². The van der Waals surface area contributed by atoms with Crippen LogP contribution < -0.4 is 10.6 Å². The van der Waals surface area contributed by atoms with Crippen LogP contribution in [-0.4, -0.2) is 19.1 Å². The van der Waals surface area contributed by atoms with Gasteiger partial charge in [0.1, 0.15) is 6.07 Å². The molecule has 2 N–H and O–H groups in total. The highest BCUT2D eigenvalue weighted by molar-refractivity contribution is 5.61. The normalized spacial score (nSPS) is 21.3. The Balaban J connectivity index is 2.24. The summed E-state index contributed by atoms with van der Waals surface area (Å²) < 4.78 is 0. The molecule has 1 fully saturated rings. The second kappa shape index (κ2) is 4.77. The van der Waals surface area contributed by atoms with E-state index in [2.05, 4.69) is 30.9 Å². The lowest BCUT2D eigenvalue weighted by Crippen LogP contribution is -2.30. The number of nitrogens with two attached hydrogens (primary N) is 1. The molecule has 17 heavy (non-hydrogen) atoms. The molecule has 0 aliphatic carbocycles. The van der Waals surface area contributed by atoms with Crippen molar-refractivity contribution in [2.24, 2.45) is 11.7 Å². The van der Waals surface area contributed by atoms with Gasteiger partial charge in [0, 0.05) is 19.1 Å². The Bertz CT molecular complexity index is 445. The molecule has 0 amide bonds. The number of nitrogens with zero attached hydrogens (tertiary/aromatic N) is 2. The first-order valence-electron chi connectivity index (χ1n) is 6.13. The molecule has 1 aliphatic rings. The summed E-state index contributed by atoms with van der Waals surface area (Å²) >= 11 is 0. The molecule has 3 heteroatoms. The number of aryl methyl sites for hydroxylation is 1. The highest BCUT2D eigenvalue weighted by atomic mass is 15.2. The molecule has 0 radical (unpaired) electrons. The molecule has 1 aliphatic heterocycles. The van der Waals surface area contributed by atoms with Crippen molar-refractivity contribution in [3.8, 4) is 6.07 Å². The minimum atomic E-state index is 0.232. The monoisotopic (exact) mass is 229 g/mol. The molecule has 0 saturated carbocycles. The third kappa shape index (κ3) is 2.42. The average molecular weight is 229 g/mol. The summed E-state index contributed by atoms with van der Waals surface area (Å²) in [6.45, 7) is 6.10. The van der Waals surface area contributed by atoms with Crippen molar-refractivity contribution in [1.82, 2.24) is 0 Å². The van der Waals surface area contributed by atoms with Gasteiger partial charge in [0.15, 0.2) is 0 Å². The van der Waals surface area contributed by atoms with E-state index in [0.717, 1.165) is 30.8 Å². The van der Waals surface area contributed by atoms with Gasteiger partial charge in [0.05, 0.1) is 11.3 Å². The maximum absolute atomic E-state index is 9.14. The Labute approximate surface area is 103 Å². The number of rotatable bonds is 2. The van der Waals surface area contributed by atoms with Crippen LogP contribution in [0.1, 0.15) is 24.5 Å². The van der Waals surface area contributed by atoms with Gasteiger partial charge in [-0.3, -0.25) is 0 Å². The highest BCUT2D eigenvalue weighted by Gasteiger charge is 2.26.